The van der Waals surface area contributed by atoms with E-state index in [9.17, 15) is 50.8 Å². The van der Waals surface area contributed by atoms with E-state index in [-0.39, 0.29) is 38.2 Å². The molecule has 25 heteroatoms. The van der Waals surface area contributed by atoms with Crippen molar-refractivity contribution in [3.05, 3.63) is 47.5 Å². The van der Waals surface area contributed by atoms with Crippen LogP contribution in [0.5, 0.6) is 0 Å². The molecule has 1 aromatic rings. The highest BCUT2D eigenvalue weighted by molar-refractivity contribution is 5.89. The van der Waals surface area contributed by atoms with Gasteiger partial charge in [0.2, 0.25) is 0 Å². The molecular formula is C62H96O25. The maximum atomic E-state index is 13.8. The highest BCUT2D eigenvalue weighted by Gasteiger charge is 2.81. The van der Waals surface area contributed by atoms with Crippen molar-refractivity contribution in [2.45, 2.75) is 283 Å². The summed E-state index contributed by atoms with van der Waals surface area (Å²) in [6.07, 6.45) is -18.4. The smallest absolute Gasteiger partial charge is 0.338 e. The van der Waals surface area contributed by atoms with Crippen molar-refractivity contribution < 1.29 is 122 Å². The van der Waals surface area contributed by atoms with Gasteiger partial charge in [-0.1, -0.05) is 43.7 Å². The lowest BCUT2D eigenvalue weighted by Crippen LogP contribution is -2.78. The Morgan fingerprint density at radius 3 is 1.69 bits per heavy atom. The Labute approximate surface area is 508 Å². The summed E-state index contributed by atoms with van der Waals surface area (Å²) in [7, 11) is 6.11. The zero-order valence-electron chi connectivity index (χ0n) is 51.8. The number of hydrogen-bond acceptors (Lipinski definition) is 25. The molecule has 9 N–H and O–H groups in total. The predicted octanol–water partition coefficient (Wildman–Crippen LogP) is 1.42. The summed E-state index contributed by atoms with van der Waals surface area (Å²) in [5.74, 6) is -1.19. The largest absolute Gasteiger partial charge is 0.458 e. The van der Waals surface area contributed by atoms with Gasteiger partial charge in [-0.25, -0.2) is 4.79 Å². The molecule has 0 amide bonds. The van der Waals surface area contributed by atoms with E-state index in [2.05, 4.69) is 6.92 Å². The summed E-state index contributed by atoms with van der Waals surface area (Å²) in [6, 6.07) is 8.54. The molecule has 5 saturated heterocycles. The molecule has 4 aliphatic carbocycles. The van der Waals surface area contributed by atoms with Gasteiger partial charge in [0.15, 0.2) is 31.5 Å². The summed E-state index contributed by atoms with van der Waals surface area (Å²) in [4.78, 5) is 13.8. The highest BCUT2D eigenvalue weighted by atomic mass is 16.8. The Hall–Kier alpha value is -2.49. The minimum Gasteiger partial charge on any atom is -0.458 e. The standard InChI is InChI=1S/C62H96O25/c1-29-50(37(73-8)24-43(77-29)81-36-18-19-58(6)35(23-36)17-20-61(71)41(58)27-42(83-55(69)34-15-13-12-14-16-34)59(7)60(70,33(5)64)21-22-62(59,61)72)84-44-25-38(74-9)51(30(2)78-44)85-45-26-39(75-10)52(31(3)79-45)86-57-49(68)54(76-11)53(32(4)80-57)87-56-48(67)47(66)46(65)40(28-63)82-56/h12-17,29-33,36-54,56-57,63-68,70-72H,18-28H2,1-11H3/t29-,30-,31-,32-,33-,36+,37+,38+,39-,40-,41-,42-,43+,44+,45+,46-,47+,48-,49-,50-,51-,52-,53-,54+,56+,57+,58+,59-,60-,61+,62-/m1/s1. The first-order valence-corrected chi connectivity index (χ1v) is 31.0. The number of ether oxygens (including phenoxy) is 15. The number of methoxy groups -OCH3 is 4. The number of aliphatic hydroxyl groups is 9. The third-order valence-electron chi connectivity index (χ3n) is 21.7. The van der Waals surface area contributed by atoms with Gasteiger partial charge in [0.05, 0.1) is 72.5 Å². The SMILES string of the molecule is CO[C@H]1[C@@H](O)[C@H](O[C@@H]2[C@@H](C)O[C@@H](O[C@H]3[C@@H](OC)C[C@H](O[C@H]4[C@@H](OC)C[C@H](O[C@H]5CC[C@@]6(C)C(=CC[C@]7(O)[C@@H]6C[C@@H](OC(=O)c6ccccc6)[C@@]6(C)[C@]7(O)CC[C@@]6(O)[C@@H](C)O)C5)O[C@@H]4C)O[C@@H]3C)C[C@H]2OC)O[C@H](C)[C@H]1O[C@@H]1O[C@H](CO)[C@@H](O)[C@H](O)[C@H]1O. The number of aliphatic hydroxyl groups excluding tert-OH is 6. The topological polar surface area (TPSA) is 338 Å². The monoisotopic (exact) mass is 1240 g/mol. The van der Waals surface area contributed by atoms with Crippen LogP contribution < -0.4 is 0 Å². The molecule has 0 radical (unpaired) electrons. The van der Waals surface area contributed by atoms with E-state index in [4.69, 9.17) is 71.1 Å². The van der Waals surface area contributed by atoms with Gasteiger partial charge < -0.3 is 117 Å². The maximum Gasteiger partial charge on any atom is 0.338 e. The normalized spacial score (nSPS) is 50.5. The van der Waals surface area contributed by atoms with E-state index >= 15 is 0 Å². The first kappa shape index (κ1) is 67.4. The lowest BCUT2D eigenvalue weighted by Gasteiger charge is -2.67. The fourth-order valence-electron chi connectivity index (χ4n) is 16.5. The molecule has 87 heavy (non-hydrogen) atoms. The van der Waals surface area contributed by atoms with Crippen molar-refractivity contribution in [3.63, 3.8) is 0 Å². The van der Waals surface area contributed by atoms with Gasteiger partial charge in [0.25, 0.3) is 0 Å². The van der Waals surface area contributed by atoms with Gasteiger partial charge >= 0.3 is 5.97 Å². The van der Waals surface area contributed by atoms with Crippen LogP contribution in [0, 0.1) is 16.7 Å². The van der Waals surface area contributed by atoms with Crippen LogP contribution in [0.2, 0.25) is 0 Å². The second kappa shape index (κ2) is 26.5. The van der Waals surface area contributed by atoms with Gasteiger partial charge in [-0.15, -0.1) is 0 Å². The Bertz CT molecular complexity index is 2490. The van der Waals surface area contributed by atoms with Crippen molar-refractivity contribution in [2.75, 3.05) is 35.0 Å². The molecule has 0 aromatic heterocycles. The van der Waals surface area contributed by atoms with Crippen molar-refractivity contribution >= 4 is 5.97 Å². The van der Waals surface area contributed by atoms with Crippen molar-refractivity contribution in [1.29, 1.82) is 0 Å². The number of fused-ring (bicyclic) bond motifs is 5. The van der Waals surface area contributed by atoms with Crippen molar-refractivity contribution in [3.8, 4) is 0 Å². The van der Waals surface area contributed by atoms with Gasteiger partial charge in [0.1, 0.15) is 83.9 Å². The van der Waals surface area contributed by atoms with Gasteiger partial charge in [-0.2, -0.15) is 0 Å². The number of rotatable bonds is 18. The molecule has 25 nitrogen and oxygen atoms in total. The van der Waals surface area contributed by atoms with Gasteiger partial charge in [0, 0.05) is 53.6 Å². The number of carbonyl (C=O) groups is 1. The molecule has 0 spiro atoms. The maximum absolute atomic E-state index is 13.8. The van der Waals surface area contributed by atoms with E-state index in [1.807, 2.05) is 19.9 Å². The quantitative estimate of drug-likeness (QED) is 0.0741. The van der Waals surface area contributed by atoms with Crippen LogP contribution in [0.25, 0.3) is 0 Å². The second-order valence-electron chi connectivity index (χ2n) is 26.3. The number of benzene rings is 1. The van der Waals surface area contributed by atoms with E-state index in [1.165, 1.54) is 21.1 Å². The molecule has 494 valence electrons. The molecule has 3 saturated carbocycles. The summed E-state index contributed by atoms with van der Waals surface area (Å²) in [5.41, 5.74) is -6.40. The zero-order chi connectivity index (χ0) is 62.9. The van der Waals surface area contributed by atoms with Crippen LogP contribution in [0.3, 0.4) is 0 Å². The molecule has 10 rings (SSSR count). The molecule has 1 aromatic carbocycles. The Balaban J connectivity index is 0.728. The second-order valence-corrected chi connectivity index (χ2v) is 26.3. The summed E-state index contributed by atoms with van der Waals surface area (Å²) >= 11 is 0. The van der Waals surface area contributed by atoms with Gasteiger partial charge in [-0.05, 0) is 97.1 Å². The number of esters is 1. The van der Waals surface area contributed by atoms with Crippen LogP contribution in [-0.2, 0) is 71.1 Å². The van der Waals surface area contributed by atoms with Crippen LogP contribution in [0.4, 0.5) is 0 Å². The third-order valence-corrected chi connectivity index (χ3v) is 21.7. The molecule has 0 bridgehead atoms. The Morgan fingerprint density at radius 2 is 1.15 bits per heavy atom. The molecule has 31 atom stereocenters. The average molecular weight is 1240 g/mol. The van der Waals surface area contributed by atoms with E-state index in [0.29, 0.717) is 37.7 Å². The summed E-state index contributed by atoms with van der Waals surface area (Å²) in [5, 5.41) is 102. The molecular weight excluding hydrogens is 1140 g/mol. The van der Waals surface area contributed by atoms with Crippen molar-refractivity contribution in [1.82, 2.24) is 0 Å². The molecule has 5 aliphatic heterocycles. The van der Waals surface area contributed by atoms with E-state index in [0.717, 1.165) is 5.57 Å². The van der Waals surface area contributed by atoms with Crippen LogP contribution in [-0.4, -0.2) is 257 Å². The van der Waals surface area contributed by atoms with E-state index in [1.54, 1.807) is 65.3 Å². The van der Waals surface area contributed by atoms with Crippen LogP contribution >= 0.6 is 0 Å². The minimum atomic E-state index is -1.93. The summed E-state index contributed by atoms with van der Waals surface area (Å²) < 4.78 is 93.7. The summed E-state index contributed by atoms with van der Waals surface area (Å²) in [6.45, 7) is 11.8. The molecule has 8 fully saturated rings. The molecule has 0 unspecified atom stereocenters. The number of carbonyl (C=O) groups excluding carboxylic acids is 1. The van der Waals surface area contributed by atoms with Crippen LogP contribution in [0.1, 0.15) is 123 Å². The highest BCUT2D eigenvalue weighted by Crippen LogP contribution is 2.71. The Morgan fingerprint density at radius 1 is 0.621 bits per heavy atom. The fraction of sp³-hybridized carbons (Fsp3) is 0.855. The van der Waals surface area contributed by atoms with Gasteiger partial charge in [-0.3, -0.25) is 0 Å². The predicted molar refractivity (Wildman–Crippen MR) is 301 cm³/mol. The minimum absolute atomic E-state index is 0.000186. The van der Waals surface area contributed by atoms with Crippen LogP contribution in [0.15, 0.2) is 42.0 Å². The lowest BCUT2D eigenvalue weighted by atomic mass is 9.42. The first-order valence-electron chi connectivity index (χ1n) is 31.0. The average Bonchev–Trinajstić information content (AvgIpc) is 1.61. The Kier molecular flexibility index (Phi) is 20.5. The molecule has 5 heterocycles. The lowest BCUT2D eigenvalue weighted by molar-refractivity contribution is -0.374. The third kappa shape index (κ3) is 11.9. The molecule has 9 aliphatic rings. The number of hydrogen-bond donors (Lipinski definition) is 9. The first-order chi connectivity index (χ1) is 41.2. The van der Waals surface area contributed by atoms with Crippen molar-refractivity contribution in [2.24, 2.45) is 16.7 Å². The fourth-order valence-corrected chi connectivity index (χ4v) is 16.5. The zero-order valence-corrected chi connectivity index (χ0v) is 51.8. The van der Waals surface area contributed by atoms with E-state index < -0.39 is 194 Å².